The molecule has 1 aliphatic carbocycles. The molecular formula is C33H37F3. The van der Waals surface area contributed by atoms with Crippen LogP contribution in [-0.2, 0) is 6.42 Å². The molecule has 1 fully saturated rings. The summed E-state index contributed by atoms with van der Waals surface area (Å²) in [6.45, 7) is 4.33. The predicted octanol–water partition coefficient (Wildman–Crippen LogP) is 10.4. The summed E-state index contributed by atoms with van der Waals surface area (Å²) >= 11 is 0. The molecule has 190 valence electrons. The van der Waals surface area contributed by atoms with Gasteiger partial charge in [0.1, 0.15) is 5.82 Å². The van der Waals surface area contributed by atoms with Crippen molar-refractivity contribution in [3.05, 3.63) is 94.3 Å². The molecule has 0 radical (unpaired) electrons. The lowest BCUT2D eigenvalue weighted by Crippen LogP contribution is -2.14. The van der Waals surface area contributed by atoms with Gasteiger partial charge in [-0.3, -0.25) is 0 Å². The van der Waals surface area contributed by atoms with Gasteiger partial charge in [0.25, 0.3) is 0 Å². The van der Waals surface area contributed by atoms with Crippen molar-refractivity contribution in [3.63, 3.8) is 0 Å². The minimum absolute atomic E-state index is 0.107. The van der Waals surface area contributed by atoms with Crippen molar-refractivity contribution in [3.8, 4) is 11.1 Å². The SMILES string of the molecule is CCCCc1ccc(C=Cc2ccc(-c3ccc(C4CCC(CCC)CC4)c(F)c3F)cc2)c(F)c1. The summed E-state index contributed by atoms with van der Waals surface area (Å²) in [5.41, 5.74) is 3.85. The fourth-order valence-electron chi connectivity index (χ4n) is 5.48. The van der Waals surface area contributed by atoms with Crippen molar-refractivity contribution in [2.24, 2.45) is 5.92 Å². The van der Waals surface area contributed by atoms with E-state index in [4.69, 9.17) is 0 Å². The standard InChI is InChI=1S/C33H37F3/c1-3-5-7-25-13-19-28(31(34)22-25)18-12-24-10-16-27(17-11-24)30-21-20-29(32(35)33(30)36)26-14-8-23(6-4-2)9-15-26/h10-13,16-23,26H,3-9,14-15H2,1-2H3. The van der Waals surface area contributed by atoms with Crippen LogP contribution in [0.25, 0.3) is 23.3 Å². The lowest BCUT2D eigenvalue weighted by molar-refractivity contribution is 0.303. The van der Waals surface area contributed by atoms with Gasteiger partial charge in [-0.05, 0) is 78.7 Å². The maximum Gasteiger partial charge on any atom is 0.166 e. The predicted molar refractivity (Wildman–Crippen MR) is 145 cm³/mol. The number of hydrogen-bond acceptors (Lipinski definition) is 0. The van der Waals surface area contributed by atoms with Crippen molar-refractivity contribution >= 4 is 12.2 Å². The summed E-state index contributed by atoms with van der Waals surface area (Å²) < 4.78 is 44.6. The van der Waals surface area contributed by atoms with Gasteiger partial charge in [0.15, 0.2) is 11.6 Å². The van der Waals surface area contributed by atoms with Crippen molar-refractivity contribution in [1.29, 1.82) is 0 Å². The molecule has 0 N–H and O–H groups in total. The zero-order chi connectivity index (χ0) is 25.5. The summed E-state index contributed by atoms with van der Waals surface area (Å²) in [4.78, 5) is 0. The first-order chi connectivity index (χ1) is 17.5. The van der Waals surface area contributed by atoms with Crippen LogP contribution in [0.4, 0.5) is 13.2 Å². The van der Waals surface area contributed by atoms with Crippen molar-refractivity contribution in [2.45, 2.75) is 77.6 Å². The highest BCUT2D eigenvalue weighted by Gasteiger charge is 2.26. The van der Waals surface area contributed by atoms with Crippen LogP contribution in [0.5, 0.6) is 0 Å². The number of benzene rings is 3. The van der Waals surface area contributed by atoms with E-state index in [0.29, 0.717) is 16.7 Å². The Kier molecular flexibility index (Phi) is 9.07. The van der Waals surface area contributed by atoms with E-state index in [1.807, 2.05) is 24.3 Å². The summed E-state index contributed by atoms with van der Waals surface area (Å²) in [7, 11) is 0. The zero-order valence-electron chi connectivity index (χ0n) is 21.5. The normalized spacial score (nSPS) is 18.1. The largest absolute Gasteiger partial charge is 0.206 e. The quantitative estimate of drug-likeness (QED) is 0.262. The first kappa shape index (κ1) is 26.3. The van der Waals surface area contributed by atoms with Crippen LogP contribution >= 0.6 is 0 Å². The van der Waals surface area contributed by atoms with E-state index in [-0.39, 0.29) is 17.3 Å². The Balaban J connectivity index is 1.45. The Bertz CT molecular complexity index is 1170. The van der Waals surface area contributed by atoms with Crippen LogP contribution in [0.1, 0.15) is 93.4 Å². The molecule has 0 nitrogen and oxygen atoms in total. The van der Waals surface area contributed by atoms with Crippen LogP contribution < -0.4 is 0 Å². The van der Waals surface area contributed by atoms with Crippen molar-refractivity contribution in [1.82, 2.24) is 0 Å². The highest BCUT2D eigenvalue weighted by atomic mass is 19.2. The molecule has 0 unspecified atom stereocenters. The summed E-state index contributed by atoms with van der Waals surface area (Å²) in [5.74, 6) is -0.860. The second-order valence-electron chi connectivity index (χ2n) is 10.3. The number of unbranched alkanes of at least 4 members (excludes halogenated alkanes) is 1. The second kappa shape index (κ2) is 12.4. The van der Waals surface area contributed by atoms with Crippen molar-refractivity contribution in [2.75, 3.05) is 0 Å². The Morgan fingerprint density at radius 2 is 1.53 bits per heavy atom. The van der Waals surface area contributed by atoms with Gasteiger partial charge >= 0.3 is 0 Å². The van der Waals surface area contributed by atoms with E-state index >= 15 is 8.78 Å². The Morgan fingerprint density at radius 3 is 2.19 bits per heavy atom. The first-order valence-electron chi connectivity index (χ1n) is 13.5. The molecule has 0 aromatic heterocycles. The molecule has 36 heavy (non-hydrogen) atoms. The smallest absolute Gasteiger partial charge is 0.166 e. The number of halogens is 3. The molecule has 0 heterocycles. The maximum atomic E-state index is 15.1. The average molecular weight is 491 g/mol. The fourth-order valence-corrected chi connectivity index (χ4v) is 5.48. The molecule has 0 bridgehead atoms. The molecule has 1 aliphatic rings. The Hall–Kier alpha value is -2.81. The van der Waals surface area contributed by atoms with Gasteiger partial charge in [-0.25, -0.2) is 13.2 Å². The lowest BCUT2D eigenvalue weighted by Gasteiger charge is -2.29. The lowest BCUT2D eigenvalue weighted by atomic mass is 9.77. The van der Waals surface area contributed by atoms with Crippen molar-refractivity contribution < 1.29 is 13.2 Å². The maximum absolute atomic E-state index is 15.1. The molecular weight excluding hydrogens is 453 g/mol. The zero-order valence-corrected chi connectivity index (χ0v) is 21.5. The average Bonchev–Trinajstić information content (AvgIpc) is 2.90. The molecule has 0 aliphatic heterocycles. The Morgan fingerprint density at radius 1 is 0.778 bits per heavy atom. The van der Waals surface area contributed by atoms with Crippen LogP contribution in [0.3, 0.4) is 0 Å². The van der Waals surface area contributed by atoms with Gasteiger partial charge in [-0.2, -0.15) is 0 Å². The summed E-state index contributed by atoms with van der Waals surface area (Å²) in [5, 5.41) is 0. The van der Waals surface area contributed by atoms with Gasteiger partial charge in [0.2, 0.25) is 0 Å². The molecule has 0 atom stereocenters. The second-order valence-corrected chi connectivity index (χ2v) is 10.3. The number of rotatable bonds is 9. The number of hydrogen-bond donors (Lipinski definition) is 0. The fraction of sp³-hybridized carbons (Fsp3) is 0.394. The molecule has 1 saturated carbocycles. The third kappa shape index (κ3) is 6.30. The van der Waals surface area contributed by atoms with E-state index in [9.17, 15) is 4.39 Å². The number of aryl methyl sites for hydroxylation is 1. The molecule has 0 saturated heterocycles. The minimum Gasteiger partial charge on any atom is -0.206 e. The third-order valence-corrected chi connectivity index (χ3v) is 7.66. The topological polar surface area (TPSA) is 0 Å². The van der Waals surface area contributed by atoms with E-state index in [0.717, 1.165) is 62.0 Å². The highest BCUT2D eigenvalue weighted by Crippen LogP contribution is 2.40. The van der Waals surface area contributed by atoms with Crippen LogP contribution in [-0.4, -0.2) is 0 Å². The molecule has 4 rings (SSSR count). The van der Waals surface area contributed by atoms with E-state index < -0.39 is 11.6 Å². The van der Waals surface area contributed by atoms with Crippen LogP contribution in [0, 0.1) is 23.4 Å². The highest BCUT2D eigenvalue weighted by molar-refractivity contribution is 5.72. The first-order valence-corrected chi connectivity index (χ1v) is 13.5. The van der Waals surface area contributed by atoms with Crippen LogP contribution in [0.2, 0.25) is 0 Å². The Labute approximate surface area is 214 Å². The van der Waals surface area contributed by atoms with E-state index in [2.05, 4.69) is 13.8 Å². The molecule has 3 aromatic rings. The van der Waals surface area contributed by atoms with E-state index in [1.54, 1.807) is 42.5 Å². The van der Waals surface area contributed by atoms with Gasteiger partial charge in [0, 0.05) is 11.1 Å². The third-order valence-electron chi connectivity index (χ3n) is 7.66. The van der Waals surface area contributed by atoms with Gasteiger partial charge < -0.3 is 0 Å². The van der Waals surface area contributed by atoms with E-state index in [1.165, 1.54) is 12.8 Å². The molecule has 0 spiro atoms. The van der Waals surface area contributed by atoms with Gasteiger partial charge in [-0.15, -0.1) is 0 Å². The van der Waals surface area contributed by atoms with Gasteiger partial charge in [-0.1, -0.05) is 93.8 Å². The minimum atomic E-state index is -0.767. The monoisotopic (exact) mass is 490 g/mol. The summed E-state index contributed by atoms with van der Waals surface area (Å²) in [6, 6.07) is 16.1. The van der Waals surface area contributed by atoms with Crippen LogP contribution in [0.15, 0.2) is 54.6 Å². The molecule has 0 amide bonds. The van der Waals surface area contributed by atoms with Gasteiger partial charge in [0.05, 0.1) is 0 Å². The summed E-state index contributed by atoms with van der Waals surface area (Å²) in [6.07, 6.45) is 13.1. The molecule has 3 heteroatoms. The molecule has 3 aromatic carbocycles.